The molecular formula is C26H28N4O3. The summed E-state index contributed by atoms with van der Waals surface area (Å²) in [5, 5.41) is 5.91. The normalized spacial score (nSPS) is 13.9. The predicted molar refractivity (Wildman–Crippen MR) is 127 cm³/mol. The zero-order valence-corrected chi connectivity index (χ0v) is 18.4. The number of para-hydroxylation sites is 1. The van der Waals surface area contributed by atoms with Gasteiger partial charge < -0.3 is 20.3 Å². The van der Waals surface area contributed by atoms with Gasteiger partial charge in [0, 0.05) is 43.5 Å². The van der Waals surface area contributed by atoms with Gasteiger partial charge in [0.15, 0.2) is 0 Å². The first-order chi connectivity index (χ1) is 16.2. The Morgan fingerprint density at radius 1 is 0.939 bits per heavy atom. The Bertz CT molecular complexity index is 1050. The molecule has 1 fully saturated rings. The van der Waals surface area contributed by atoms with E-state index in [-0.39, 0.29) is 17.9 Å². The number of piperidine rings is 1. The Morgan fingerprint density at radius 3 is 2.36 bits per heavy atom. The third kappa shape index (κ3) is 6.55. The topological polar surface area (TPSA) is 83.6 Å². The minimum absolute atomic E-state index is 0.0154. The largest absolute Gasteiger partial charge is 0.473 e. The SMILES string of the molecule is O=C(NCc1ccnc(OCc2ccccc2)c1)C1CCN(C(=O)Nc2ccccc2)CC1. The van der Waals surface area contributed by atoms with Gasteiger partial charge in [-0.2, -0.15) is 0 Å². The number of amides is 3. The lowest BCUT2D eigenvalue weighted by Crippen LogP contribution is -2.44. The monoisotopic (exact) mass is 444 g/mol. The fourth-order valence-electron chi connectivity index (χ4n) is 3.77. The van der Waals surface area contributed by atoms with E-state index in [2.05, 4.69) is 15.6 Å². The van der Waals surface area contributed by atoms with Crippen LogP contribution >= 0.6 is 0 Å². The van der Waals surface area contributed by atoms with Crippen molar-refractivity contribution in [2.45, 2.75) is 26.0 Å². The van der Waals surface area contributed by atoms with Gasteiger partial charge in [-0.25, -0.2) is 9.78 Å². The van der Waals surface area contributed by atoms with E-state index in [1.165, 1.54) is 0 Å². The van der Waals surface area contributed by atoms with E-state index in [0.29, 0.717) is 45.0 Å². The van der Waals surface area contributed by atoms with Crippen molar-refractivity contribution in [2.75, 3.05) is 18.4 Å². The number of carbonyl (C=O) groups excluding carboxylic acids is 2. The molecule has 0 aliphatic carbocycles. The summed E-state index contributed by atoms with van der Waals surface area (Å²) in [7, 11) is 0. The highest BCUT2D eigenvalue weighted by Gasteiger charge is 2.27. The summed E-state index contributed by atoms with van der Waals surface area (Å²) in [5.41, 5.74) is 2.77. The molecule has 0 bridgehead atoms. The predicted octanol–water partition coefficient (Wildman–Crippen LogP) is 4.22. The Kier molecular flexibility index (Phi) is 7.53. The van der Waals surface area contributed by atoms with Gasteiger partial charge in [-0.3, -0.25) is 4.79 Å². The van der Waals surface area contributed by atoms with Crippen molar-refractivity contribution in [3.63, 3.8) is 0 Å². The van der Waals surface area contributed by atoms with Crippen LogP contribution in [-0.2, 0) is 17.9 Å². The molecule has 0 spiro atoms. The second kappa shape index (κ2) is 11.1. The average Bonchev–Trinajstić information content (AvgIpc) is 2.87. The number of nitrogens with zero attached hydrogens (tertiary/aromatic N) is 2. The van der Waals surface area contributed by atoms with E-state index in [4.69, 9.17) is 4.74 Å². The fraction of sp³-hybridized carbons (Fsp3) is 0.269. The molecule has 170 valence electrons. The first kappa shape index (κ1) is 22.3. The summed E-state index contributed by atoms with van der Waals surface area (Å²) in [6.07, 6.45) is 2.98. The van der Waals surface area contributed by atoms with Gasteiger partial charge in [0.2, 0.25) is 11.8 Å². The van der Waals surface area contributed by atoms with Crippen LogP contribution in [-0.4, -0.2) is 34.9 Å². The number of hydrogen-bond acceptors (Lipinski definition) is 4. The Balaban J connectivity index is 1.21. The molecule has 4 rings (SSSR count). The number of rotatable bonds is 7. The van der Waals surface area contributed by atoms with Crippen LogP contribution in [0.2, 0.25) is 0 Å². The highest BCUT2D eigenvalue weighted by molar-refractivity contribution is 5.89. The van der Waals surface area contributed by atoms with Crippen LogP contribution < -0.4 is 15.4 Å². The molecular weight excluding hydrogens is 416 g/mol. The molecule has 3 amide bonds. The molecule has 2 heterocycles. The molecule has 0 radical (unpaired) electrons. The van der Waals surface area contributed by atoms with Gasteiger partial charge in [0.05, 0.1) is 0 Å². The van der Waals surface area contributed by atoms with Gasteiger partial charge in [-0.1, -0.05) is 48.5 Å². The van der Waals surface area contributed by atoms with Crippen molar-refractivity contribution in [3.05, 3.63) is 90.1 Å². The van der Waals surface area contributed by atoms with Crippen LogP contribution in [0.25, 0.3) is 0 Å². The highest BCUT2D eigenvalue weighted by atomic mass is 16.5. The van der Waals surface area contributed by atoms with Crippen LogP contribution in [0.5, 0.6) is 5.88 Å². The highest BCUT2D eigenvalue weighted by Crippen LogP contribution is 2.19. The van der Waals surface area contributed by atoms with Crippen LogP contribution in [0.4, 0.5) is 10.5 Å². The van der Waals surface area contributed by atoms with Crippen LogP contribution in [0.3, 0.4) is 0 Å². The maximum absolute atomic E-state index is 12.7. The quantitative estimate of drug-likeness (QED) is 0.572. The number of aromatic nitrogens is 1. The van der Waals surface area contributed by atoms with Crippen molar-refractivity contribution >= 4 is 17.6 Å². The zero-order chi connectivity index (χ0) is 22.9. The number of benzene rings is 2. The first-order valence-corrected chi connectivity index (χ1v) is 11.2. The summed E-state index contributed by atoms with van der Waals surface area (Å²) in [4.78, 5) is 31.1. The van der Waals surface area contributed by atoms with Crippen molar-refractivity contribution in [2.24, 2.45) is 5.92 Å². The number of hydrogen-bond donors (Lipinski definition) is 2. The maximum Gasteiger partial charge on any atom is 0.321 e. The number of urea groups is 1. The van der Waals surface area contributed by atoms with Gasteiger partial charge in [-0.15, -0.1) is 0 Å². The summed E-state index contributed by atoms with van der Waals surface area (Å²) in [5.74, 6) is 0.450. The van der Waals surface area contributed by atoms with Crippen molar-refractivity contribution in [1.82, 2.24) is 15.2 Å². The summed E-state index contributed by atoms with van der Waals surface area (Å²) < 4.78 is 5.77. The molecule has 0 unspecified atom stereocenters. The van der Waals surface area contributed by atoms with E-state index in [0.717, 1.165) is 16.8 Å². The molecule has 7 heteroatoms. The Morgan fingerprint density at radius 2 is 1.64 bits per heavy atom. The molecule has 2 aromatic carbocycles. The van der Waals surface area contributed by atoms with Gasteiger partial charge in [-0.05, 0) is 42.2 Å². The van der Waals surface area contributed by atoms with Gasteiger partial charge >= 0.3 is 6.03 Å². The van der Waals surface area contributed by atoms with Crippen molar-refractivity contribution in [1.29, 1.82) is 0 Å². The van der Waals surface area contributed by atoms with Gasteiger partial charge in [0.25, 0.3) is 0 Å². The number of ether oxygens (including phenoxy) is 1. The number of likely N-dealkylation sites (tertiary alicyclic amines) is 1. The molecule has 33 heavy (non-hydrogen) atoms. The first-order valence-electron chi connectivity index (χ1n) is 11.2. The minimum Gasteiger partial charge on any atom is -0.473 e. The molecule has 0 atom stereocenters. The molecule has 3 aromatic rings. The molecule has 1 aliphatic rings. The summed E-state index contributed by atoms with van der Waals surface area (Å²) >= 11 is 0. The standard InChI is InChI=1S/C26H28N4O3/c31-25(22-12-15-30(16-13-22)26(32)29-23-9-5-2-6-10-23)28-18-21-11-14-27-24(17-21)33-19-20-7-3-1-4-8-20/h1-11,14,17,22H,12-13,15-16,18-19H2,(H,28,31)(H,29,32). The molecule has 2 N–H and O–H groups in total. The lowest BCUT2D eigenvalue weighted by atomic mass is 9.96. The number of anilines is 1. The fourth-order valence-corrected chi connectivity index (χ4v) is 3.77. The second-order valence-electron chi connectivity index (χ2n) is 8.05. The van der Waals surface area contributed by atoms with Crippen LogP contribution in [0.15, 0.2) is 79.0 Å². The number of pyridine rings is 1. The Hall–Kier alpha value is -3.87. The van der Waals surface area contributed by atoms with E-state index >= 15 is 0 Å². The lowest BCUT2D eigenvalue weighted by molar-refractivity contribution is -0.126. The maximum atomic E-state index is 12.7. The van der Waals surface area contributed by atoms with E-state index < -0.39 is 0 Å². The molecule has 1 aliphatic heterocycles. The molecule has 1 saturated heterocycles. The van der Waals surface area contributed by atoms with E-state index in [9.17, 15) is 9.59 Å². The van der Waals surface area contributed by atoms with E-state index in [1.807, 2.05) is 72.8 Å². The van der Waals surface area contributed by atoms with Crippen molar-refractivity contribution in [3.8, 4) is 5.88 Å². The number of carbonyl (C=O) groups is 2. The Labute approximate surface area is 193 Å². The number of nitrogens with one attached hydrogen (secondary N) is 2. The summed E-state index contributed by atoms with van der Waals surface area (Å²) in [6.45, 7) is 1.98. The van der Waals surface area contributed by atoms with E-state index in [1.54, 1.807) is 11.1 Å². The third-order valence-corrected chi connectivity index (χ3v) is 5.67. The molecule has 1 aromatic heterocycles. The minimum atomic E-state index is -0.125. The summed E-state index contributed by atoms with van der Waals surface area (Å²) in [6, 6.07) is 22.9. The van der Waals surface area contributed by atoms with Crippen LogP contribution in [0.1, 0.15) is 24.0 Å². The molecule has 7 nitrogen and oxygen atoms in total. The second-order valence-corrected chi connectivity index (χ2v) is 8.05. The molecule has 0 saturated carbocycles. The lowest BCUT2D eigenvalue weighted by Gasteiger charge is -2.31. The third-order valence-electron chi connectivity index (χ3n) is 5.67. The average molecular weight is 445 g/mol. The van der Waals surface area contributed by atoms with Gasteiger partial charge in [0.1, 0.15) is 6.61 Å². The van der Waals surface area contributed by atoms with Crippen molar-refractivity contribution < 1.29 is 14.3 Å². The zero-order valence-electron chi connectivity index (χ0n) is 18.4. The smallest absolute Gasteiger partial charge is 0.321 e. The van der Waals surface area contributed by atoms with Crippen LogP contribution in [0, 0.1) is 5.92 Å².